The Balaban J connectivity index is 1.83. The molecule has 0 radical (unpaired) electrons. The highest BCUT2D eigenvalue weighted by molar-refractivity contribution is 9.10. The third kappa shape index (κ3) is 3.67. The van der Waals surface area contributed by atoms with Crippen LogP contribution in [-0.4, -0.2) is 32.4 Å². The van der Waals surface area contributed by atoms with Crippen molar-refractivity contribution < 1.29 is 13.9 Å². The molecule has 0 spiro atoms. The Labute approximate surface area is 115 Å². The van der Waals surface area contributed by atoms with Crippen LogP contribution in [0.4, 0.5) is 4.39 Å². The van der Waals surface area contributed by atoms with Crippen molar-refractivity contribution in [2.75, 3.05) is 20.2 Å². The number of hydrogen-bond donors (Lipinski definition) is 1. The molecule has 0 amide bonds. The molecule has 1 heterocycles. The average molecular weight is 318 g/mol. The SMILES string of the molecule is CNCC1CCC(COc2cc(Br)ccc2F)O1. The van der Waals surface area contributed by atoms with Crippen LogP contribution in [0.3, 0.4) is 0 Å². The summed E-state index contributed by atoms with van der Waals surface area (Å²) < 4.78 is 25.5. The first-order chi connectivity index (χ1) is 8.69. The lowest BCUT2D eigenvalue weighted by molar-refractivity contribution is 0.0186. The molecular formula is C13H17BrFNO2. The van der Waals surface area contributed by atoms with E-state index in [1.807, 2.05) is 7.05 Å². The Kier molecular flexibility index (Phi) is 4.97. The molecule has 1 N–H and O–H groups in total. The number of ether oxygens (including phenoxy) is 2. The molecule has 2 unspecified atom stereocenters. The molecule has 1 aromatic carbocycles. The molecule has 18 heavy (non-hydrogen) atoms. The van der Waals surface area contributed by atoms with Gasteiger partial charge in [-0.05, 0) is 38.1 Å². The van der Waals surface area contributed by atoms with E-state index in [9.17, 15) is 4.39 Å². The van der Waals surface area contributed by atoms with Crippen molar-refractivity contribution in [3.05, 3.63) is 28.5 Å². The standard InChI is InChI=1S/C13H17BrFNO2/c1-16-7-10-3-4-11(18-10)8-17-13-6-9(14)2-5-12(13)15/h2,5-6,10-11,16H,3-4,7-8H2,1H3. The summed E-state index contributed by atoms with van der Waals surface area (Å²) in [6.45, 7) is 1.25. The summed E-state index contributed by atoms with van der Waals surface area (Å²) in [5.41, 5.74) is 0. The van der Waals surface area contributed by atoms with E-state index < -0.39 is 0 Å². The monoisotopic (exact) mass is 317 g/mol. The number of likely N-dealkylation sites (N-methyl/N-ethyl adjacent to an activating group) is 1. The van der Waals surface area contributed by atoms with Crippen molar-refractivity contribution in [2.24, 2.45) is 0 Å². The predicted octanol–water partition coefficient (Wildman–Crippen LogP) is 2.73. The lowest BCUT2D eigenvalue weighted by Gasteiger charge is -2.14. The van der Waals surface area contributed by atoms with Crippen molar-refractivity contribution in [1.29, 1.82) is 0 Å². The molecular weight excluding hydrogens is 301 g/mol. The Bertz CT molecular complexity index is 403. The van der Waals surface area contributed by atoms with Gasteiger partial charge in [-0.2, -0.15) is 0 Å². The summed E-state index contributed by atoms with van der Waals surface area (Å²) in [6, 6.07) is 4.67. The molecule has 1 aromatic rings. The summed E-state index contributed by atoms with van der Waals surface area (Å²) in [6.07, 6.45) is 2.29. The summed E-state index contributed by atoms with van der Waals surface area (Å²) >= 11 is 3.29. The van der Waals surface area contributed by atoms with Gasteiger partial charge in [0, 0.05) is 11.0 Å². The molecule has 1 aliphatic rings. The van der Waals surface area contributed by atoms with Crippen LogP contribution in [0.2, 0.25) is 0 Å². The van der Waals surface area contributed by atoms with Gasteiger partial charge in [-0.3, -0.25) is 0 Å². The van der Waals surface area contributed by atoms with E-state index in [2.05, 4.69) is 21.2 Å². The fourth-order valence-electron chi connectivity index (χ4n) is 2.05. The molecule has 1 saturated heterocycles. The number of rotatable bonds is 5. The van der Waals surface area contributed by atoms with E-state index in [1.165, 1.54) is 6.07 Å². The van der Waals surface area contributed by atoms with E-state index in [4.69, 9.17) is 9.47 Å². The van der Waals surface area contributed by atoms with Crippen molar-refractivity contribution in [2.45, 2.75) is 25.0 Å². The van der Waals surface area contributed by atoms with Gasteiger partial charge in [0.2, 0.25) is 0 Å². The first-order valence-corrected chi connectivity index (χ1v) is 6.86. The maximum absolute atomic E-state index is 13.4. The highest BCUT2D eigenvalue weighted by atomic mass is 79.9. The molecule has 100 valence electrons. The second-order valence-corrected chi connectivity index (χ2v) is 5.32. The molecule has 2 rings (SSSR count). The maximum Gasteiger partial charge on any atom is 0.165 e. The Morgan fingerprint density at radius 2 is 2.22 bits per heavy atom. The Morgan fingerprint density at radius 3 is 3.00 bits per heavy atom. The van der Waals surface area contributed by atoms with Gasteiger partial charge in [0.1, 0.15) is 6.61 Å². The lowest BCUT2D eigenvalue weighted by Crippen LogP contribution is -2.26. The molecule has 0 bridgehead atoms. The van der Waals surface area contributed by atoms with E-state index in [0.29, 0.717) is 6.61 Å². The molecule has 1 aliphatic heterocycles. The second-order valence-electron chi connectivity index (χ2n) is 4.40. The first-order valence-electron chi connectivity index (χ1n) is 6.07. The van der Waals surface area contributed by atoms with Crippen LogP contribution in [-0.2, 0) is 4.74 Å². The van der Waals surface area contributed by atoms with Gasteiger partial charge in [-0.1, -0.05) is 15.9 Å². The van der Waals surface area contributed by atoms with Gasteiger partial charge in [0.05, 0.1) is 12.2 Å². The normalized spacial score (nSPS) is 23.3. The summed E-state index contributed by atoms with van der Waals surface area (Å²) in [4.78, 5) is 0. The van der Waals surface area contributed by atoms with E-state index >= 15 is 0 Å². The van der Waals surface area contributed by atoms with Crippen molar-refractivity contribution in [1.82, 2.24) is 5.32 Å². The van der Waals surface area contributed by atoms with E-state index in [-0.39, 0.29) is 23.8 Å². The van der Waals surface area contributed by atoms with Crippen LogP contribution in [0.25, 0.3) is 0 Å². The van der Waals surface area contributed by atoms with Crippen molar-refractivity contribution >= 4 is 15.9 Å². The maximum atomic E-state index is 13.4. The Hall–Kier alpha value is -0.650. The molecule has 1 fully saturated rings. The van der Waals surface area contributed by atoms with Gasteiger partial charge in [0.15, 0.2) is 11.6 Å². The lowest BCUT2D eigenvalue weighted by atomic mass is 10.2. The topological polar surface area (TPSA) is 30.5 Å². The number of halogens is 2. The molecule has 0 aliphatic carbocycles. The highest BCUT2D eigenvalue weighted by Crippen LogP contribution is 2.24. The largest absolute Gasteiger partial charge is 0.488 e. The smallest absolute Gasteiger partial charge is 0.165 e. The zero-order valence-electron chi connectivity index (χ0n) is 10.3. The van der Waals surface area contributed by atoms with Crippen LogP contribution in [0.5, 0.6) is 5.75 Å². The fraction of sp³-hybridized carbons (Fsp3) is 0.538. The van der Waals surface area contributed by atoms with E-state index in [1.54, 1.807) is 12.1 Å². The number of hydrogen-bond acceptors (Lipinski definition) is 3. The zero-order valence-corrected chi connectivity index (χ0v) is 11.9. The predicted molar refractivity (Wildman–Crippen MR) is 71.4 cm³/mol. The van der Waals surface area contributed by atoms with Gasteiger partial charge in [0.25, 0.3) is 0 Å². The fourth-order valence-corrected chi connectivity index (χ4v) is 2.39. The van der Waals surface area contributed by atoms with Crippen molar-refractivity contribution in [3.8, 4) is 5.75 Å². The van der Waals surface area contributed by atoms with Gasteiger partial charge in [-0.15, -0.1) is 0 Å². The minimum atomic E-state index is -0.344. The van der Waals surface area contributed by atoms with Crippen LogP contribution in [0, 0.1) is 5.82 Å². The van der Waals surface area contributed by atoms with Crippen LogP contribution < -0.4 is 10.1 Å². The summed E-state index contributed by atoms with van der Waals surface area (Å²) in [7, 11) is 1.91. The van der Waals surface area contributed by atoms with Crippen LogP contribution >= 0.6 is 15.9 Å². The molecule has 0 aromatic heterocycles. The summed E-state index contributed by atoms with van der Waals surface area (Å²) in [5.74, 6) is -0.0759. The molecule has 0 saturated carbocycles. The first kappa shape index (κ1) is 13.8. The van der Waals surface area contributed by atoms with Crippen LogP contribution in [0.1, 0.15) is 12.8 Å². The minimum Gasteiger partial charge on any atom is -0.488 e. The zero-order chi connectivity index (χ0) is 13.0. The van der Waals surface area contributed by atoms with Crippen LogP contribution in [0.15, 0.2) is 22.7 Å². The molecule has 5 heteroatoms. The highest BCUT2D eigenvalue weighted by Gasteiger charge is 2.25. The Morgan fingerprint density at radius 1 is 1.44 bits per heavy atom. The quantitative estimate of drug-likeness (QED) is 0.905. The van der Waals surface area contributed by atoms with Crippen molar-refractivity contribution in [3.63, 3.8) is 0 Å². The number of nitrogens with one attached hydrogen (secondary N) is 1. The van der Waals surface area contributed by atoms with Gasteiger partial charge < -0.3 is 14.8 Å². The third-order valence-corrected chi connectivity index (χ3v) is 3.44. The number of benzene rings is 1. The average Bonchev–Trinajstić information content (AvgIpc) is 2.79. The molecule has 2 atom stereocenters. The second kappa shape index (κ2) is 6.50. The minimum absolute atomic E-state index is 0.0572. The third-order valence-electron chi connectivity index (χ3n) is 2.95. The van der Waals surface area contributed by atoms with Gasteiger partial charge >= 0.3 is 0 Å². The van der Waals surface area contributed by atoms with Gasteiger partial charge in [-0.25, -0.2) is 4.39 Å². The van der Waals surface area contributed by atoms with E-state index in [0.717, 1.165) is 23.9 Å². The molecule has 3 nitrogen and oxygen atoms in total. The summed E-state index contributed by atoms with van der Waals surface area (Å²) in [5, 5.41) is 3.09.